The monoisotopic (exact) mass is 278 g/mol. The normalized spacial score (nSPS) is 15.6. The molecule has 1 aliphatic carbocycles. The van der Waals surface area contributed by atoms with E-state index in [0.29, 0.717) is 6.54 Å². The highest BCUT2D eigenvalue weighted by Gasteiger charge is 2.15. The second-order valence-electron chi connectivity index (χ2n) is 5.00. The third-order valence-electron chi connectivity index (χ3n) is 3.34. The lowest BCUT2D eigenvalue weighted by Gasteiger charge is -2.10. The van der Waals surface area contributed by atoms with E-state index in [-0.39, 0.29) is 5.91 Å². The van der Waals surface area contributed by atoms with Crippen molar-refractivity contribution < 1.29 is 4.79 Å². The van der Waals surface area contributed by atoms with Crippen molar-refractivity contribution >= 4 is 23.4 Å². The fourth-order valence-electron chi connectivity index (χ4n) is 2.37. The Morgan fingerprint density at radius 2 is 2.16 bits per heavy atom. The Balaban J connectivity index is 1.85. The molecule has 0 aliphatic heterocycles. The van der Waals surface area contributed by atoms with Gasteiger partial charge >= 0.3 is 0 Å². The molecule has 3 nitrogen and oxygen atoms in total. The zero-order valence-electron chi connectivity index (χ0n) is 11.4. The molecular formula is C15H22N2OS. The Kier molecular flexibility index (Phi) is 5.73. The van der Waals surface area contributed by atoms with Gasteiger partial charge in [0, 0.05) is 16.7 Å². The molecule has 4 heteroatoms. The van der Waals surface area contributed by atoms with Gasteiger partial charge in [0.05, 0.1) is 6.54 Å². The van der Waals surface area contributed by atoms with Crippen LogP contribution in [0.1, 0.15) is 31.2 Å². The Labute approximate surface area is 119 Å². The summed E-state index contributed by atoms with van der Waals surface area (Å²) in [5.74, 6) is 1.04. The number of likely N-dealkylation sites (N-methyl/N-ethyl adjacent to an activating group) is 1. The summed E-state index contributed by atoms with van der Waals surface area (Å²) < 4.78 is 0. The molecule has 0 bridgehead atoms. The van der Waals surface area contributed by atoms with Gasteiger partial charge in [-0.3, -0.25) is 4.79 Å². The average Bonchev–Trinajstić information content (AvgIpc) is 2.90. The number of amides is 1. The summed E-state index contributed by atoms with van der Waals surface area (Å²) in [6.07, 6.45) is 5.50. The molecule has 0 radical (unpaired) electrons. The van der Waals surface area contributed by atoms with Gasteiger partial charge in [0.1, 0.15) is 0 Å². The highest BCUT2D eigenvalue weighted by molar-refractivity contribution is 7.99. The summed E-state index contributed by atoms with van der Waals surface area (Å²) in [7, 11) is 1.77. The standard InChI is InChI=1S/C15H22N2OS/c1-16-10-15(18)17-13-6-4-5-12(9-13)11-19-14-7-2-3-8-14/h4-6,9,14,16H,2-3,7-8,10-11H2,1H3,(H,17,18). The van der Waals surface area contributed by atoms with E-state index < -0.39 is 0 Å². The maximum Gasteiger partial charge on any atom is 0.238 e. The quantitative estimate of drug-likeness (QED) is 0.840. The zero-order valence-corrected chi connectivity index (χ0v) is 12.3. The molecule has 1 aromatic carbocycles. The minimum absolute atomic E-state index is 0.00287. The molecule has 1 aliphatic rings. The summed E-state index contributed by atoms with van der Waals surface area (Å²) in [6.45, 7) is 0.348. The Bertz CT molecular complexity index is 416. The maximum absolute atomic E-state index is 11.5. The number of hydrogen-bond acceptors (Lipinski definition) is 3. The number of benzene rings is 1. The van der Waals surface area contributed by atoms with Gasteiger partial charge in [-0.1, -0.05) is 25.0 Å². The van der Waals surface area contributed by atoms with Crippen LogP contribution >= 0.6 is 11.8 Å². The number of nitrogens with one attached hydrogen (secondary N) is 2. The van der Waals surface area contributed by atoms with Crippen LogP contribution in [0.4, 0.5) is 5.69 Å². The van der Waals surface area contributed by atoms with Crippen molar-refractivity contribution in [3.05, 3.63) is 29.8 Å². The van der Waals surface area contributed by atoms with Crippen molar-refractivity contribution in [3.63, 3.8) is 0 Å². The highest BCUT2D eigenvalue weighted by atomic mass is 32.2. The van der Waals surface area contributed by atoms with E-state index in [2.05, 4.69) is 22.8 Å². The third kappa shape index (κ3) is 4.88. The second kappa shape index (κ2) is 7.56. The van der Waals surface area contributed by atoms with Gasteiger partial charge in [0.25, 0.3) is 0 Å². The van der Waals surface area contributed by atoms with E-state index in [1.54, 1.807) is 7.05 Å². The van der Waals surface area contributed by atoms with Crippen LogP contribution in [0, 0.1) is 0 Å². The van der Waals surface area contributed by atoms with E-state index in [4.69, 9.17) is 0 Å². The van der Waals surface area contributed by atoms with Crippen LogP contribution < -0.4 is 10.6 Å². The predicted molar refractivity (Wildman–Crippen MR) is 82.5 cm³/mol. The lowest BCUT2D eigenvalue weighted by atomic mass is 10.2. The van der Waals surface area contributed by atoms with Crippen LogP contribution in [-0.2, 0) is 10.5 Å². The van der Waals surface area contributed by atoms with Gasteiger partial charge in [-0.05, 0) is 37.6 Å². The summed E-state index contributed by atoms with van der Waals surface area (Å²) in [5.41, 5.74) is 2.18. The third-order valence-corrected chi connectivity index (χ3v) is 4.78. The van der Waals surface area contributed by atoms with Crippen LogP contribution in [0.25, 0.3) is 0 Å². The molecule has 1 fully saturated rings. The van der Waals surface area contributed by atoms with E-state index in [1.165, 1.54) is 31.2 Å². The summed E-state index contributed by atoms with van der Waals surface area (Å²) in [5, 5.41) is 6.58. The molecule has 0 atom stereocenters. The first-order valence-electron chi connectivity index (χ1n) is 6.93. The maximum atomic E-state index is 11.5. The fourth-order valence-corrected chi connectivity index (χ4v) is 3.65. The van der Waals surface area contributed by atoms with Gasteiger partial charge in [0.15, 0.2) is 0 Å². The molecule has 0 aromatic heterocycles. The Morgan fingerprint density at radius 3 is 2.89 bits per heavy atom. The average molecular weight is 278 g/mol. The molecule has 0 saturated heterocycles. The summed E-state index contributed by atoms with van der Waals surface area (Å²) >= 11 is 2.05. The number of rotatable bonds is 6. The topological polar surface area (TPSA) is 41.1 Å². The molecule has 104 valence electrons. The van der Waals surface area contributed by atoms with Crippen molar-refractivity contribution in [1.29, 1.82) is 0 Å². The second-order valence-corrected chi connectivity index (χ2v) is 6.29. The molecule has 1 saturated carbocycles. The zero-order chi connectivity index (χ0) is 13.5. The number of hydrogen-bond donors (Lipinski definition) is 2. The minimum Gasteiger partial charge on any atom is -0.325 e. The van der Waals surface area contributed by atoms with Crippen LogP contribution in [0.2, 0.25) is 0 Å². The molecule has 19 heavy (non-hydrogen) atoms. The smallest absolute Gasteiger partial charge is 0.238 e. The molecule has 1 aromatic rings. The lowest BCUT2D eigenvalue weighted by molar-refractivity contribution is -0.115. The van der Waals surface area contributed by atoms with E-state index in [9.17, 15) is 4.79 Å². The van der Waals surface area contributed by atoms with Crippen LogP contribution in [0.5, 0.6) is 0 Å². The molecule has 0 spiro atoms. The van der Waals surface area contributed by atoms with Crippen molar-refractivity contribution in [2.45, 2.75) is 36.7 Å². The van der Waals surface area contributed by atoms with Crippen molar-refractivity contribution in [2.24, 2.45) is 0 Å². The Morgan fingerprint density at radius 1 is 1.37 bits per heavy atom. The Hall–Kier alpha value is -1.00. The van der Waals surface area contributed by atoms with Crippen LogP contribution in [0.15, 0.2) is 24.3 Å². The summed E-state index contributed by atoms with van der Waals surface area (Å²) in [6, 6.07) is 8.17. The number of carbonyl (C=O) groups excluding carboxylic acids is 1. The van der Waals surface area contributed by atoms with Gasteiger partial charge < -0.3 is 10.6 Å². The van der Waals surface area contributed by atoms with E-state index >= 15 is 0 Å². The van der Waals surface area contributed by atoms with Crippen LogP contribution in [-0.4, -0.2) is 24.7 Å². The van der Waals surface area contributed by atoms with E-state index in [1.807, 2.05) is 23.9 Å². The largest absolute Gasteiger partial charge is 0.325 e. The summed E-state index contributed by atoms with van der Waals surface area (Å²) in [4.78, 5) is 11.5. The lowest BCUT2D eigenvalue weighted by Crippen LogP contribution is -2.25. The molecule has 1 amide bonds. The number of thioether (sulfide) groups is 1. The first-order valence-corrected chi connectivity index (χ1v) is 7.98. The number of carbonyl (C=O) groups is 1. The molecule has 2 rings (SSSR count). The number of anilines is 1. The van der Waals surface area contributed by atoms with E-state index in [0.717, 1.165) is 16.7 Å². The molecule has 0 heterocycles. The predicted octanol–water partition coefficient (Wildman–Crippen LogP) is 3.02. The fraction of sp³-hybridized carbons (Fsp3) is 0.533. The molecule has 2 N–H and O–H groups in total. The van der Waals surface area contributed by atoms with Crippen molar-refractivity contribution in [3.8, 4) is 0 Å². The van der Waals surface area contributed by atoms with Crippen molar-refractivity contribution in [1.82, 2.24) is 5.32 Å². The SMILES string of the molecule is CNCC(=O)Nc1cccc(CSC2CCCC2)c1. The molecule has 0 unspecified atom stereocenters. The van der Waals surface area contributed by atoms with Gasteiger partial charge in [-0.25, -0.2) is 0 Å². The van der Waals surface area contributed by atoms with Gasteiger partial charge in [-0.2, -0.15) is 11.8 Å². The first kappa shape index (κ1) is 14.4. The van der Waals surface area contributed by atoms with Gasteiger partial charge in [-0.15, -0.1) is 0 Å². The van der Waals surface area contributed by atoms with Crippen LogP contribution in [0.3, 0.4) is 0 Å². The first-order chi connectivity index (χ1) is 9.28. The molecular weight excluding hydrogens is 256 g/mol. The highest BCUT2D eigenvalue weighted by Crippen LogP contribution is 2.31. The minimum atomic E-state index is 0.00287. The van der Waals surface area contributed by atoms with Crippen molar-refractivity contribution in [2.75, 3.05) is 18.9 Å². The van der Waals surface area contributed by atoms with Gasteiger partial charge in [0.2, 0.25) is 5.91 Å².